The van der Waals surface area contributed by atoms with E-state index in [1.165, 1.54) is 18.4 Å². The number of carbonyl (C=O) groups is 1. The zero-order valence-electron chi connectivity index (χ0n) is 16.8. The first-order valence-electron chi connectivity index (χ1n) is 9.34. The molecule has 0 unspecified atom stereocenters. The number of allylic oxidation sites excluding steroid dienone is 1. The second kappa shape index (κ2) is 8.12. The number of rotatable bonds is 4. The molecule has 6 nitrogen and oxygen atoms in total. The number of esters is 1. The van der Waals surface area contributed by atoms with Gasteiger partial charge in [0.05, 0.1) is 36.1 Å². The second-order valence-corrected chi connectivity index (χ2v) is 7.74. The summed E-state index contributed by atoms with van der Waals surface area (Å²) in [5.74, 6) is 0.179. The summed E-state index contributed by atoms with van der Waals surface area (Å²) in [5, 5.41) is 0. The van der Waals surface area contributed by atoms with Gasteiger partial charge < -0.3 is 9.47 Å². The summed E-state index contributed by atoms with van der Waals surface area (Å²) in [6.07, 6.45) is 1.79. The third-order valence-corrected chi connectivity index (χ3v) is 5.95. The average molecular weight is 420 g/mol. The molecule has 0 radical (unpaired) electrons. The summed E-state index contributed by atoms with van der Waals surface area (Å²) < 4.78 is 12.5. The summed E-state index contributed by atoms with van der Waals surface area (Å²) in [5.41, 5.74) is 2.30. The summed E-state index contributed by atoms with van der Waals surface area (Å²) in [6, 6.07) is 16.3. The van der Waals surface area contributed by atoms with Crippen LogP contribution in [0.3, 0.4) is 0 Å². The van der Waals surface area contributed by atoms with Crippen molar-refractivity contribution in [2.45, 2.75) is 13.0 Å². The van der Waals surface area contributed by atoms with Crippen LogP contribution in [-0.2, 0) is 9.53 Å². The van der Waals surface area contributed by atoms with Crippen LogP contribution < -0.4 is 19.6 Å². The SMILES string of the molecule is COC(=O)C1=C(C)N=c2s/c(=C/c3ccccc3OC)c(=O)n2[C@H]1c1ccccc1. The molecule has 1 aromatic heterocycles. The lowest BCUT2D eigenvalue weighted by atomic mass is 9.96. The number of fused-ring (bicyclic) bond motifs is 1. The molecule has 1 aliphatic heterocycles. The number of aromatic nitrogens is 1. The van der Waals surface area contributed by atoms with E-state index in [2.05, 4.69) is 4.99 Å². The lowest BCUT2D eigenvalue weighted by Gasteiger charge is -2.24. The Morgan fingerprint density at radius 1 is 1.10 bits per heavy atom. The van der Waals surface area contributed by atoms with E-state index >= 15 is 0 Å². The van der Waals surface area contributed by atoms with Gasteiger partial charge in [0.1, 0.15) is 5.75 Å². The molecule has 0 spiro atoms. The van der Waals surface area contributed by atoms with Crippen LogP contribution in [0, 0.1) is 0 Å². The van der Waals surface area contributed by atoms with Crippen LogP contribution >= 0.6 is 11.3 Å². The van der Waals surface area contributed by atoms with Gasteiger partial charge in [0.25, 0.3) is 5.56 Å². The highest BCUT2D eigenvalue weighted by Gasteiger charge is 2.32. The molecule has 0 fully saturated rings. The number of benzene rings is 2. The third-order valence-electron chi connectivity index (χ3n) is 4.97. The van der Waals surface area contributed by atoms with E-state index in [9.17, 15) is 9.59 Å². The topological polar surface area (TPSA) is 69.9 Å². The van der Waals surface area contributed by atoms with Gasteiger partial charge in [-0.25, -0.2) is 9.79 Å². The summed E-state index contributed by atoms with van der Waals surface area (Å²) >= 11 is 1.29. The highest BCUT2D eigenvalue weighted by molar-refractivity contribution is 7.07. The predicted molar refractivity (Wildman–Crippen MR) is 115 cm³/mol. The number of hydrogen-bond acceptors (Lipinski definition) is 6. The van der Waals surface area contributed by atoms with Gasteiger partial charge in [-0.15, -0.1) is 0 Å². The maximum absolute atomic E-state index is 13.4. The van der Waals surface area contributed by atoms with Crippen LogP contribution in [0.1, 0.15) is 24.1 Å². The van der Waals surface area contributed by atoms with Crippen molar-refractivity contribution in [3.8, 4) is 5.75 Å². The number of nitrogens with zero attached hydrogens (tertiary/aromatic N) is 2. The minimum Gasteiger partial charge on any atom is -0.496 e. The molecule has 4 rings (SSSR count). The van der Waals surface area contributed by atoms with Gasteiger partial charge in [-0.3, -0.25) is 9.36 Å². The molecule has 0 saturated carbocycles. The number of ether oxygens (including phenoxy) is 2. The normalized spacial score (nSPS) is 16.1. The molecule has 3 aromatic rings. The van der Waals surface area contributed by atoms with E-state index < -0.39 is 12.0 Å². The maximum Gasteiger partial charge on any atom is 0.338 e. The number of carbonyl (C=O) groups excluding carboxylic acids is 1. The minimum absolute atomic E-state index is 0.215. The van der Waals surface area contributed by atoms with Gasteiger partial charge in [-0.1, -0.05) is 59.9 Å². The van der Waals surface area contributed by atoms with Crippen molar-refractivity contribution in [3.05, 3.63) is 96.7 Å². The number of thiazole rings is 1. The van der Waals surface area contributed by atoms with Gasteiger partial charge in [-0.05, 0) is 24.6 Å². The first-order valence-corrected chi connectivity index (χ1v) is 10.2. The molecule has 1 atom stereocenters. The van der Waals surface area contributed by atoms with E-state index in [0.717, 1.165) is 11.1 Å². The Kier molecular flexibility index (Phi) is 5.37. The summed E-state index contributed by atoms with van der Waals surface area (Å²) in [6.45, 7) is 1.76. The minimum atomic E-state index is -0.602. The van der Waals surface area contributed by atoms with E-state index in [-0.39, 0.29) is 5.56 Å². The summed E-state index contributed by atoms with van der Waals surface area (Å²) in [7, 11) is 2.92. The van der Waals surface area contributed by atoms with Crippen molar-refractivity contribution in [1.82, 2.24) is 4.57 Å². The quantitative estimate of drug-likeness (QED) is 0.608. The fourth-order valence-corrected chi connectivity index (χ4v) is 4.61. The second-order valence-electron chi connectivity index (χ2n) is 6.73. The predicted octanol–water partition coefficient (Wildman–Crippen LogP) is 2.42. The van der Waals surface area contributed by atoms with Crippen molar-refractivity contribution in [1.29, 1.82) is 0 Å². The molecule has 0 aliphatic carbocycles. The zero-order chi connectivity index (χ0) is 21.3. The Balaban J connectivity index is 1.99. The Bertz CT molecular complexity index is 1320. The zero-order valence-corrected chi connectivity index (χ0v) is 17.6. The van der Waals surface area contributed by atoms with Crippen molar-refractivity contribution in [2.75, 3.05) is 14.2 Å². The maximum atomic E-state index is 13.4. The molecule has 0 saturated heterocycles. The number of methoxy groups -OCH3 is 2. The van der Waals surface area contributed by atoms with Crippen molar-refractivity contribution >= 4 is 23.4 Å². The molecule has 30 heavy (non-hydrogen) atoms. The molecule has 152 valence electrons. The van der Waals surface area contributed by atoms with Gasteiger partial charge in [0, 0.05) is 5.56 Å². The van der Waals surface area contributed by atoms with E-state index in [0.29, 0.717) is 26.4 Å². The standard InChI is InChI=1S/C23H20N2O4S/c1-14-19(22(27)29-3)20(15-9-5-4-6-10-15)25-21(26)18(30-23(25)24-14)13-16-11-7-8-12-17(16)28-2/h4-13,20H,1-3H3/b18-13+/t20-/m0/s1. The number of hydrogen-bond donors (Lipinski definition) is 0. The van der Waals surface area contributed by atoms with E-state index in [1.807, 2.05) is 54.6 Å². The Labute approximate surface area is 177 Å². The highest BCUT2D eigenvalue weighted by atomic mass is 32.1. The summed E-state index contributed by atoms with van der Waals surface area (Å²) in [4.78, 5) is 31.1. The van der Waals surface area contributed by atoms with Gasteiger partial charge in [0.15, 0.2) is 4.80 Å². The lowest BCUT2D eigenvalue weighted by Crippen LogP contribution is -2.39. The van der Waals surface area contributed by atoms with Crippen molar-refractivity contribution in [3.63, 3.8) is 0 Å². The molecule has 2 heterocycles. The molecule has 1 aliphatic rings. The molecular weight excluding hydrogens is 400 g/mol. The van der Waals surface area contributed by atoms with Crippen LogP contribution in [0.25, 0.3) is 6.08 Å². The van der Waals surface area contributed by atoms with Crippen LogP contribution in [0.2, 0.25) is 0 Å². The van der Waals surface area contributed by atoms with Crippen LogP contribution in [0.4, 0.5) is 0 Å². The van der Waals surface area contributed by atoms with Crippen LogP contribution in [-0.4, -0.2) is 24.8 Å². The van der Waals surface area contributed by atoms with E-state index in [1.54, 1.807) is 24.7 Å². The monoisotopic (exact) mass is 420 g/mol. The molecule has 2 aromatic carbocycles. The first kappa shape index (κ1) is 19.8. The Morgan fingerprint density at radius 3 is 2.50 bits per heavy atom. The lowest BCUT2D eigenvalue weighted by molar-refractivity contribution is -0.136. The fourth-order valence-electron chi connectivity index (χ4n) is 3.57. The smallest absolute Gasteiger partial charge is 0.338 e. The first-order chi connectivity index (χ1) is 14.5. The largest absolute Gasteiger partial charge is 0.496 e. The number of para-hydroxylation sites is 1. The highest BCUT2D eigenvalue weighted by Crippen LogP contribution is 2.30. The average Bonchev–Trinajstić information content (AvgIpc) is 3.07. The Morgan fingerprint density at radius 2 is 1.80 bits per heavy atom. The third kappa shape index (κ3) is 3.37. The molecular formula is C23H20N2O4S. The van der Waals surface area contributed by atoms with Crippen LogP contribution in [0.15, 0.2) is 75.7 Å². The van der Waals surface area contributed by atoms with Crippen molar-refractivity contribution in [2.24, 2.45) is 4.99 Å². The van der Waals surface area contributed by atoms with Crippen LogP contribution in [0.5, 0.6) is 5.75 Å². The van der Waals surface area contributed by atoms with E-state index in [4.69, 9.17) is 9.47 Å². The molecule has 0 bridgehead atoms. The molecule has 0 amide bonds. The Hall–Kier alpha value is -3.45. The fraction of sp³-hybridized carbons (Fsp3) is 0.174. The molecule has 7 heteroatoms. The van der Waals surface area contributed by atoms with Gasteiger partial charge >= 0.3 is 5.97 Å². The molecule has 0 N–H and O–H groups in total. The van der Waals surface area contributed by atoms with Gasteiger partial charge in [-0.2, -0.15) is 0 Å². The van der Waals surface area contributed by atoms with Crippen molar-refractivity contribution < 1.29 is 14.3 Å². The van der Waals surface area contributed by atoms with Gasteiger partial charge in [0.2, 0.25) is 0 Å².